The number of hydrogen-bond acceptors (Lipinski definition) is 7. The van der Waals surface area contributed by atoms with Gasteiger partial charge >= 0.3 is 0 Å². The minimum atomic E-state index is 0.429. The molecule has 0 aliphatic heterocycles. The molecule has 0 saturated heterocycles. The first-order valence-corrected chi connectivity index (χ1v) is 11.4. The summed E-state index contributed by atoms with van der Waals surface area (Å²) >= 11 is 9.07. The molecule has 0 unspecified atom stereocenters. The van der Waals surface area contributed by atoms with E-state index in [2.05, 4.69) is 15.2 Å². The van der Waals surface area contributed by atoms with E-state index < -0.39 is 0 Å². The number of ether oxygens (including phenoxy) is 2. The van der Waals surface area contributed by atoms with Gasteiger partial charge in [0.1, 0.15) is 23.1 Å². The summed E-state index contributed by atoms with van der Waals surface area (Å²) in [5, 5.41) is 13.2. The number of benzene rings is 2. The van der Waals surface area contributed by atoms with Crippen LogP contribution >= 0.6 is 34.7 Å². The third-order valence-electron chi connectivity index (χ3n) is 4.31. The summed E-state index contributed by atoms with van der Waals surface area (Å²) in [7, 11) is 3.61. The van der Waals surface area contributed by atoms with Gasteiger partial charge in [0.2, 0.25) is 0 Å². The summed E-state index contributed by atoms with van der Waals surface area (Å²) in [4.78, 5) is 4.65. The predicted molar refractivity (Wildman–Crippen MR) is 120 cm³/mol. The van der Waals surface area contributed by atoms with Gasteiger partial charge in [-0.3, -0.25) is 0 Å². The van der Waals surface area contributed by atoms with Crippen molar-refractivity contribution in [3.05, 3.63) is 69.6 Å². The van der Waals surface area contributed by atoms with Crippen molar-refractivity contribution in [3.63, 3.8) is 0 Å². The molecule has 0 fully saturated rings. The summed E-state index contributed by atoms with van der Waals surface area (Å²) in [6, 6.07) is 15.1. The number of hydrogen-bond donors (Lipinski definition) is 0. The van der Waals surface area contributed by atoms with Crippen LogP contribution in [-0.2, 0) is 19.4 Å². The van der Waals surface area contributed by atoms with Crippen LogP contribution in [-0.4, -0.2) is 26.9 Å². The molecule has 0 atom stereocenters. The normalized spacial score (nSPS) is 10.9. The van der Waals surface area contributed by atoms with E-state index in [1.54, 1.807) is 42.3 Å². The van der Waals surface area contributed by atoms with Gasteiger partial charge in [-0.15, -0.1) is 21.5 Å². The van der Waals surface area contributed by atoms with Crippen molar-refractivity contribution in [2.45, 2.75) is 17.5 Å². The highest BCUT2D eigenvalue weighted by Gasteiger charge is 2.15. The molecule has 4 aromatic rings. The molecule has 0 saturated carbocycles. The fraction of sp³-hybridized carbons (Fsp3) is 0.190. The molecule has 2 aromatic heterocycles. The molecule has 0 N–H and O–H groups in total. The van der Waals surface area contributed by atoms with E-state index in [-0.39, 0.29) is 0 Å². The first kappa shape index (κ1) is 20.7. The second-order valence-corrected chi connectivity index (χ2v) is 8.65. The monoisotopic (exact) mass is 458 g/mol. The number of rotatable bonds is 8. The fourth-order valence-electron chi connectivity index (χ4n) is 2.80. The molecule has 2 heterocycles. The first-order valence-electron chi connectivity index (χ1n) is 9.11. The van der Waals surface area contributed by atoms with E-state index in [1.165, 1.54) is 0 Å². The lowest BCUT2D eigenvalue weighted by Gasteiger charge is -2.07. The summed E-state index contributed by atoms with van der Waals surface area (Å²) in [6.45, 7) is 0.429. The number of aromatic nitrogens is 4. The van der Waals surface area contributed by atoms with Gasteiger partial charge in [0.15, 0.2) is 11.0 Å². The van der Waals surface area contributed by atoms with Crippen LogP contribution in [0, 0.1) is 0 Å². The zero-order valence-corrected chi connectivity index (χ0v) is 18.8. The molecular formula is C21H19ClN4O2S2. The van der Waals surface area contributed by atoms with Gasteiger partial charge in [0.05, 0.1) is 18.4 Å². The lowest BCUT2D eigenvalue weighted by Crippen LogP contribution is -1.97. The fourth-order valence-corrected chi connectivity index (χ4v) is 4.54. The van der Waals surface area contributed by atoms with E-state index in [0.717, 1.165) is 38.7 Å². The first-order chi connectivity index (χ1) is 14.6. The average molecular weight is 459 g/mol. The summed E-state index contributed by atoms with van der Waals surface area (Å²) in [5.41, 5.74) is 1.90. The number of halogens is 1. The molecule has 0 bridgehead atoms. The minimum Gasteiger partial charge on any atom is -0.496 e. The highest BCUT2D eigenvalue weighted by molar-refractivity contribution is 7.98. The largest absolute Gasteiger partial charge is 0.496 e. The SMILES string of the molecule is COc1ccccc1-c1nnc(SCc2csc(COc3ccc(Cl)cc3)n2)n1C. The Labute approximate surface area is 187 Å². The molecule has 9 heteroatoms. The Morgan fingerprint density at radius 2 is 1.90 bits per heavy atom. The standard InChI is InChI=1S/C21H19ClN4O2S2/c1-26-20(17-5-3-4-6-18(17)27-2)24-25-21(26)30-13-15-12-29-19(23-15)11-28-16-9-7-14(22)8-10-16/h3-10,12H,11,13H2,1-2H3. The number of para-hydroxylation sites is 1. The van der Waals surface area contributed by atoms with E-state index in [1.807, 2.05) is 53.4 Å². The molecule has 2 aromatic carbocycles. The zero-order chi connectivity index (χ0) is 20.9. The van der Waals surface area contributed by atoms with E-state index in [0.29, 0.717) is 17.4 Å². The van der Waals surface area contributed by atoms with Gasteiger partial charge in [-0.05, 0) is 36.4 Å². The summed E-state index contributed by atoms with van der Waals surface area (Å²) in [6.07, 6.45) is 0. The topological polar surface area (TPSA) is 62.1 Å². The van der Waals surface area contributed by atoms with Crippen LogP contribution in [0.5, 0.6) is 11.5 Å². The molecule has 0 spiro atoms. The molecule has 30 heavy (non-hydrogen) atoms. The number of methoxy groups -OCH3 is 1. The third-order valence-corrected chi connectivity index (χ3v) is 6.48. The number of thioether (sulfide) groups is 1. The second kappa shape index (κ2) is 9.51. The lowest BCUT2D eigenvalue weighted by molar-refractivity contribution is 0.305. The Balaban J connectivity index is 1.37. The van der Waals surface area contributed by atoms with Crippen molar-refractivity contribution in [1.82, 2.24) is 19.7 Å². The zero-order valence-electron chi connectivity index (χ0n) is 16.4. The smallest absolute Gasteiger partial charge is 0.191 e. The molecule has 154 valence electrons. The molecule has 0 aliphatic carbocycles. The van der Waals surface area contributed by atoms with Gasteiger partial charge in [0, 0.05) is 23.2 Å². The van der Waals surface area contributed by atoms with Gasteiger partial charge in [-0.2, -0.15) is 0 Å². The molecule has 0 radical (unpaired) electrons. The van der Waals surface area contributed by atoms with Crippen molar-refractivity contribution < 1.29 is 9.47 Å². The maximum Gasteiger partial charge on any atom is 0.191 e. The van der Waals surface area contributed by atoms with Crippen LogP contribution in [0.4, 0.5) is 0 Å². The average Bonchev–Trinajstić information content (AvgIpc) is 3.38. The molecule has 6 nitrogen and oxygen atoms in total. The van der Waals surface area contributed by atoms with Gasteiger partial charge < -0.3 is 14.0 Å². The van der Waals surface area contributed by atoms with Crippen LogP contribution in [0.1, 0.15) is 10.7 Å². The minimum absolute atomic E-state index is 0.429. The van der Waals surface area contributed by atoms with Crippen LogP contribution in [0.2, 0.25) is 5.02 Å². The van der Waals surface area contributed by atoms with E-state index in [9.17, 15) is 0 Å². The highest BCUT2D eigenvalue weighted by Crippen LogP contribution is 2.31. The Hall–Kier alpha value is -2.55. The Morgan fingerprint density at radius 3 is 2.70 bits per heavy atom. The molecule has 4 rings (SSSR count). The molecule has 0 amide bonds. The van der Waals surface area contributed by atoms with Crippen molar-refractivity contribution in [3.8, 4) is 22.9 Å². The van der Waals surface area contributed by atoms with E-state index in [4.69, 9.17) is 21.1 Å². The van der Waals surface area contributed by atoms with Crippen LogP contribution in [0.25, 0.3) is 11.4 Å². The van der Waals surface area contributed by atoms with Crippen LogP contribution < -0.4 is 9.47 Å². The van der Waals surface area contributed by atoms with Crippen LogP contribution in [0.15, 0.2) is 59.1 Å². The maximum atomic E-state index is 5.89. The van der Waals surface area contributed by atoms with Crippen molar-refractivity contribution in [2.24, 2.45) is 7.05 Å². The number of nitrogens with zero attached hydrogens (tertiary/aromatic N) is 4. The highest BCUT2D eigenvalue weighted by atomic mass is 35.5. The predicted octanol–water partition coefficient (Wildman–Crippen LogP) is 5.47. The lowest BCUT2D eigenvalue weighted by atomic mass is 10.2. The molecular weight excluding hydrogens is 440 g/mol. The van der Waals surface area contributed by atoms with Gasteiger partial charge in [-0.25, -0.2) is 4.98 Å². The van der Waals surface area contributed by atoms with Gasteiger partial charge in [-0.1, -0.05) is 35.5 Å². The second-order valence-electron chi connectivity index (χ2n) is 6.33. The summed E-state index contributed by atoms with van der Waals surface area (Å²) < 4.78 is 13.2. The maximum absolute atomic E-state index is 5.89. The van der Waals surface area contributed by atoms with Crippen molar-refractivity contribution >= 4 is 34.7 Å². The Morgan fingerprint density at radius 1 is 1.10 bits per heavy atom. The Bertz CT molecular complexity index is 1130. The van der Waals surface area contributed by atoms with Crippen LogP contribution in [0.3, 0.4) is 0 Å². The third kappa shape index (κ3) is 4.77. The summed E-state index contributed by atoms with van der Waals surface area (Å²) in [5.74, 6) is 3.02. The number of thiazole rings is 1. The molecule has 0 aliphatic rings. The quantitative estimate of drug-likeness (QED) is 0.326. The van der Waals surface area contributed by atoms with E-state index >= 15 is 0 Å². The van der Waals surface area contributed by atoms with Gasteiger partial charge in [0.25, 0.3) is 0 Å². The van der Waals surface area contributed by atoms with Crippen molar-refractivity contribution in [1.29, 1.82) is 0 Å². The van der Waals surface area contributed by atoms with Crippen molar-refractivity contribution in [2.75, 3.05) is 7.11 Å². The Kier molecular flexibility index (Phi) is 6.56.